The van der Waals surface area contributed by atoms with Gasteiger partial charge in [-0.3, -0.25) is 0 Å². The van der Waals surface area contributed by atoms with Crippen molar-refractivity contribution >= 4 is 6.03 Å². The zero-order valence-corrected chi connectivity index (χ0v) is 14.3. The summed E-state index contributed by atoms with van der Waals surface area (Å²) in [5.41, 5.74) is 0.835. The number of rotatable bonds is 5. The summed E-state index contributed by atoms with van der Waals surface area (Å²) in [5, 5.41) is 6.37. The second-order valence-electron chi connectivity index (χ2n) is 7.19. The van der Waals surface area contributed by atoms with Crippen molar-refractivity contribution in [1.29, 1.82) is 0 Å². The van der Waals surface area contributed by atoms with Gasteiger partial charge in [0.15, 0.2) is 0 Å². The van der Waals surface area contributed by atoms with Gasteiger partial charge >= 0.3 is 6.03 Å². The van der Waals surface area contributed by atoms with Crippen LogP contribution in [0.5, 0.6) is 0 Å². The lowest BCUT2D eigenvalue weighted by atomic mass is 9.89. The zero-order chi connectivity index (χ0) is 16.3. The highest BCUT2D eigenvalue weighted by molar-refractivity contribution is 5.75. The molecule has 2 amide bonds. The number of likely N-dealkylation sites (tertiary alicyclic amines) is 1. The van der Waals surface area contributed by atoms with Gasteiger partial charge in [-0.2, -0.15) is 0 Å². The van der Waals surface area contributed by atoms with Gasteiger partial charge < -0.3 is 15.5 Å². The van der Waals surface area contributed by atoms with Gasteiger partial charge in [0, 0.05) is 25.2 Å². The molecule has 3 rings (SSSR count). The van der Waals surface area contributed by atoms with Gasteiger partial charge in [-0.25, -0.2) is 4.79 Å². The molecule has 1 unspecified atom stereocenters. The van der Waals surface area contributed by atoms with Crippen LogP contribution in [-0.4, -0.2) is 36.1 Å². The van der Waals surface area contributed by atoms with Crippen molar-refractivity contribution in [2.24, 2.45) is 0 Å². The van der Waals surface area contributed by atoms with Crippen molar-refractivity contribution in [1.82, 2.24) is 15.5 Å². The molecule has 4 nitrogen and oxygen atoms in total. The Hall–Kier alpha value is -1.55. The van der Waals surface area contributed by atoms with E-state index in [1.165, 1.54) is 12.8 Å². The molecule has 1 atom stereocenters. The van der Waals surface area contributed by atoms with E-state index >= 15 is 0 Å². The Labute approximate surface area is 139 Å². The number of benzene rings is 1. The molecule has 4 heteroatoms. The maximum absolute atomic E-state index is 12.5. The van der Waals surface area contributed by atoms with Crippen molar-refractivity contribution in [2.75, 3.05) is 13.1 Å². The molecule has 0 aromatic heterocycles. The minimum Gasteiger partial charge on any atom is -0.335 e. The summed E-state index contributed by atoms with van der Waals surface area (Å²) in [5.74, 6) is 0. The molecule has 2 aliphatic rings. The fourth-order valence-electron chi connectivity index (χ4n) is 3.49. The summed E-state index contributed by atoms with van der Waals surface area (Å²) in [7, 11) is 0. The van der Waals surface area contributed by atoms with Crippen LogP contribution >= 0.6 is 0 Å². The van der Waals surface area contributed by atoms with Gasteiger partial charge in [-0.05, 0) is 44.6 Å². The summed E-state index contributed by atoms with van der Waals surface area (Å²) < 4.78 is 0. The first-order chi connectivity index (χ1) is 11.1. The highest BCUT2D eigenvalue weighted by Gasteiger charge is 2.33. The molecule has 1 aromatic rings. The van der Waals surface area contributed by atoms with E-state index in [1.807, 2.05) is 18.2 Å². The number of nitrogens with zero attached hydrogens (tertiary/aromatic N) is 1. The third-order valence-corrected chi connectivity index (χ3v) is 5.44. The van der Waals surface area contributed by atoms with Gasteiger partial charge in [0.2, 0.25) is 0 Å². The number of nitrogens with one attached hydrogen (secondary N) is 2. The number of urea groups is 1. The zero-order valence-electron chi connectivity index (χ0n) is 14.3. The summed E-state index contributed by atoms with van der Waals surface area (Å²) in [6, 6.07) is 11.3. The van der Waals surface area contributed by atoms with E-state index in [9.17, 15) is 4.79 Å². The molecule has 1 saturated heterocycles. The Kier molecular flexibility index (Phi) is 4.90. The number of carbonyl (C=O) groups is 1. The maximum Gasteiger partial charge on any atom is 0.315 e. The van der Waals surface area contributed by atoms with Crippen LogP contribution in [0.25, 0.3) is 0 Å². The highest BCUT2D eigenvalue weighted by atomic mass is 16.2. The minimum atomic E-state index is -0.319. The molecule has 1 aromatic carbocycles. The molecule has 0 spiro atoms. The van der Waals surface area contributed by atoms with Crippen LogP contribution in [0.4, 0.5) is 4.79 Å². The normalized spacial score (nSPS) is 22.3. The summed E-state index contributed by atoms with van der Waals surface area (Å²) >= 11 is 0. The number of hydrogen-bond acceptors (Lipinski definition) is 2. The Morgan fingerprint density at radius 1 is 1.17 bits per heavy atom. The first kappa shape index (κ1) is 16.3. The molecule has 1 heterocycles. The number of amides is 2. The Bertz CT molecular complexity index is 521. The molecule has 1 aliphatic carbocycles. The van der Waals surface area contributed by atoms with Crippen molar-refractivity contribution in [3.05, 3.63) is 35.9 Å². The quantitative estimate of drug-likeness (QED) is 0.876. The monoisotopic (exact) mass is 315 g/mol. The molecule has 1 aliphatic heterocycles. The molecule has 23 heavy (non-hydrogen) atoms. The first-order valence-corrected chi connectivity index (χ1v) is 8.99. The van der Waals surface area contributed by atoms with Crippen LogP contribution in [-0.2, 0) is 5.54 Å². The van der Waals surface area contributed by atoms with E-state index in [0.717, 1.165) is 44.0 Å². The van der Waals surface area contributed by atoms with Crippen LogP contribution in [0.3, 0.4) is 0 Å². The molecular formula is C19H29N3O. The minimum absolute atomic E-state index is 0.0388. The van der Waals surface area contributed by atoms with E-state index in [0.29, 0.717) is 6.04 Å². The summed E-state index contributed by atoms with van der Waals surface area (Å²) in [6.45, 7) is 6.46. The van der Waals surface area contributed by atoms with Crippen LogP contribution < -0.4 is 10.6 Å². The molecule has 2 fully saturated rings. The fraction of sp³-hybridized carbons (Fsp3) is 0.632. The molecule has 0 bridgehead atoms. The van der Waals surface area contributed by atoms with Gasteiger partial charge in [0.25, 0.3) is 0 Å². The van der Waals surface area contributed by atoms with Crippen molar-refractivity contribution < 1.29 is 4.79 Å². The highest BCUT2D eigenvalue weighted by Crippen LogP contribution is 2.29. The summed E-state index contributed by atoms with van der Waals surface area (Å²) in [6.07, 6.45) is 5.73. The van der Waals surface area contributed by atoms with E-state index < -0.39 is 0 Å². The SMILES string of the molecule is CCC(C)(NC(=O)NC1CCN(C2CC2)CC1)c1ccccc1. The third kappa shape index (κ3) is 4.05. The Morgan fingerprint density at radius 2 is 1.83 bits per heavy atom. The fourth-order valence-corrected chi connectivity index (χ4v) is 3.49. The smallest absolute Gasteiger partial charge is 0.315 e. The Morgan fingerprint density at radius 3 is 2.39 bits per heavy atom. The predicted octanol–water partition coefficient (Wildman–Crippen LogP) is 3.24. The van der Waals surface area contributed by atoms with Crippen LogP contribution in [0.15, 0.2) is 30.3 Å². The summed E-state index contributed by atoms with van der Waals surface area (Å²) in [4.78, 5) is 15.0. The maximum atomic E-state index is 12.5. The van der Waals surface area contributed by atoms with Gasteiger partial charge in [-0.1, -0.05) is 37.3 Å². The van der Waals surface area contributed by atoms with Crippen LogP contribution in [0, 0.1) is 0 Å². The second-order valence-corrected chi connectivity index (χ2v) is 7.19. The van der Waals surface area contributed by atoms with Gasteiger partial charge in [0.1, 0.15) is 0 Å². The van der Waals surface area contributed by atoms with E-state index in [-0.39, 0.29) is 11.6 Å². The van der Waals surface area contributed by atoms with Crippen molar-refractivity contribution in [2.45, 2.75) is 63.6 Å². The third-order valence-electron chi connectivity index (χ3n) is 5.44. The van der Waals surface area contributed by atoms with Crippen molar-refractivity contribution in [3.63, 3.8) is 0 Å². The lowest BCUT2D eigenvalue weighted by Crippen LogP contribution is -2.53. The number of hydrogen-bond donors (Lipinski definition) is 2. The Balaban J connectivity index is 1.52. The standard InChI is InChI=1S/C19H29N3O/c1-3-19(2,15-7-5-4-6-8-15)21-18(23)20-16-11-13-22(14-12-16)17-9-10-17/h4-8,16-17H,3,9-14H2,1-2H3,(H2,20,21,23). The first-order valence-electron chi connectivity index (χ1n) is 8.99. The van der Waals surface area contributed by atoms with Crippen molar-refractivity contribution in [3.8, 4) is 0 Å². The molecule has 0 radical (unpaired) electrons. The van der Waals surface area contributed by atoms with Crippen LogP contribution in [0.2, 0.25) is 0 Å². The van der Waals surface area contributed by atoms with Gasteiger partial charge in [-0.15, -0.1) is 0 Å². The molecule has 126 valence electrons. The molecular weight excluding hydrogens is 286 g/mol. The van der Waals surface area contributed by atoms with Crippen LogP contribution in [0.1, 0.15) is 51.5 Å². The predicted molar refractivity (Wildman–Crippen MR) is 93.4 cm³/mol. The lowest BCUT2D eigenvalue weighted by Gasteiger charge is -2.34. The average Bonchev–Trinajstić information content (AvgIpc) is 3.41. The van der Waals surface area contributed by atoms with Gasteiger partial charge in [0.05, 0.1) is 5.54 Å². The topological polar surface area (TPSA) is 44.4 Å². The molecule has 1 saturated carbocycles. The number of piperidine rings is 1. The van der Waals surface area contributed by atoms with E-state index in [1.54, 1.807) is 0 Å². The average molecular weight is 315 g/mol. The van der Waals surface area contributed by atoms with E-state index in [2.05, 4.69) is 41.5 Å². The van der Waals surface area contributed by atoms with E-state index in [4.69, 9.17) is 0 Å². The second kappa shape index (κ2) is 6.91. The largest absolute Gasteiger partial charge is 0.335 e. The lowest BCUT2D eigenvalue weighted by molar-refractivity contribution is 0.182. The number of carbonyl (C=O) groups excluding carboxylic acids is 1. The molecule has 2 N–H and O–H groups in total.